The Morgan fingerprint density at radius 2 is 1.86 bits per heavy atom. The second kappa shape index (κ2) is 10.3. The van der Waals surface area contributed by atoms with Crippen LogP contribution in [0.25, 0.3) is 10.9 Å². The minimum atomic E-state index is -0.324. The van der Waals surface area contributed by atoms with E-state index in [9.17, 15) is 4.79 Å². The summed E-state index contributed by atoms with van der Waals surface area (Å²) in [6.07, 6.45) is 5.45. The molecular weight excluding hydrogens is 486 g/mol. The lowest BCUT2D eigenvalue weighted by molar-refractivity contribution is 0.197. The molecule has 1 aliphatic carbocycles. The summed E-state index contributed by atoms with van der Waals surface area (Å²) in [5.41, 5.74) is 3.83. The first-order valence-electron chi connectivity index (χ1n) is 13.3. The van der Waals surface area contributed by atoms with E-state index in [1.165, 1.54) is 18.4 Å². The van der Waals surface area contributed by atoms with Crippen molar-refractivity contribution in [2.24, 2.45) is 0 Å². The maximum absolute atomic E-state index is 13.5. The number of aromatic nitrogens is 5. The first-order valence-corrected chi connectivity index (χ1v) is 13.7. The van der Waals surface area contributed by atoms with E-state index in [2.05, 4.69) is 61.5 Å². The monoisotopic (exact) mass is 517 g/mol. The second-order valence-electron chi connectivity index (χ2n) is 10.2. The zero-order chi connectivity index (χ0) is 25.4. The molecule has 1 atom stereocenters. The van der Waals surface area contributed by atoms with Crippen LogP contribution in [-0.4, -0.2) is 56.3 Å². The fourth-order valence-electron chi connectivity index (χ4n) is 5.90. The Morgan fingerprint density at radius 1 is 1.05 bits per heavy atom. The Kier molecular flexibility index (Phi) is 6.69. The van der Waals surface area contributed by atoms with Gasteiger partial charge in [0, 0.05) is 48.0 Å². The molecule has 1 N–H and O–H groups in total. The zero-order valence-corrected chi connectivity index (χ0v) is 21.9. The number of H-pyrrole nitrogens is 1. The van der Waals surface area contributed by atoms with Crippen molar-refractivity contribution < 1.29 is 0 Å². The number of anilines is 1. The van der Waals surface area contributed by atoms with Gasteiger partial charge >= 0.3 is 0 Å². The van der Waals surface area contributed by atoms with Gasteiger partial charge in [-0.1, -0.05) is 43.5 Å². The Bertz CT molecular complexity index is 1450. The highest BCUT2D eigenvalue weighted by Crippen LogP contribution is 2.34. The summed E-state index contributed by atoms with van der Waals surface area (Å²) < 4.78 is 1.99. The van der Waals surface area contributed by atoms with Crippen LogP contribution in [0.2, 0.25) is 5.02 Å². The molecule has 0 bridgehead atoms. The molecule has 0 amide bonds. The second-order valence-corrected chi connectivity index (χ2v) is 10.6. The smallest absolute Gasteiger partial charge is 0.253 e. The quantitative estimate of drug-likeness (QED) is 0.397. The summed E-state index contributed by atoms with van der Waals surface area (Å²) in [4.78, 5) is 21.4. The van der Waals surface area contributed by atoms with Gasteiger partial charge in [-0.25, -0.2) is 4.68 Å². The lowest BCUT2D eigenvalue weighted by atomic mass is 10.0. The molecule has 8 nitrogen and oxygen atoms in total. The molecule has 1 aliphatic heterocycles. The van der Waals surface area contributed by atoms with E-state index in [1.807, 2.05) is 28.9 Å². The van der Waals surface area contributed by atoms with Gasteiger partial charge in [0.1, 0.15) is 6.04 Å². The maximum atomic E-state index is 13.5. The van der Waals surface area contributed by atoms with Crippen LogP contribution in [0.1, 0.15) is 61.6 Å². The van der Waals surface area contributed by atoms with Crippen LogP contribution in [0.4, 0.5) is 5.69 Å². The number of benzene rings is 2. The predicted molar refractivity (Wildman–Crippen MR) is 146 cm³/mol. The van der Waals surface area contributed by atoms with Crippen molar-refractivity contribution in [3.05, 3.63) is 80.9 Å². The first kappa shape index (κ1) is 24.1. The average Bonchev–Trinajstić information content (AvgIpc) is 3.62. The summed E-state index contributed by atoms with van der Waals surface area (Å²) in [5.74, 6) is 0.764. The van der Waals surface area contributed by atoms with Crippen molar-refractivity contribution in [2.75, 3.05) is 31.1 Å². The van der Waals surface area contributed by atoms with Gasteiger partial charge in [0.15, 0.2) is 5.82 Å². The van der Waals surface area contributed by atoms with Gasteiger partial charge in [-0.2, -0.15) is 0 Å². The van der Waals surface area contributed by atoms with Crippen LogP contribution in [0.15, 0.2) is 53.3 Å². The van der Waals surface area contributed by atoms with E-state index in [0.29, 0.717) is 5.56 Å². The third kappa shape index (κ3) is 4.76. The van der Waals surface area contributed by atoms with Crippen LogP contribution >= 0.6 is 11.6 Å². The molecule has 6 rings (SSSR count). The van der Waals surface area contributed by atoms with Crippen molar-refractivity contribution in [2.45, 2.75) is 51.1 Å². The largest absolute Gasteiger partial charge is 0.369 e. The first-order chi connectivity index (χ1) is 18.1. The Labute approximate surface area is 221 Å². The molecule has 0 spiro atoms. The molecule has 37 heavy (non-hydrogen) atoms. The van der Waals surface area contributed by atoms with Crippen molar-refractivity contribution in [3.63, 3.8) is 0 Å². The number of rotatable bonds is 6. The van der Waals surface area contributed by atoms with Crippen LogP contribution in [-0.2, 0) is 6.42 Å². The zero-order valence-electron chi connectivity index (χ0n) is 21.1. The molecule has 0 radical (unpaired) electrons. The molecule has 4 aromatic rings. The maximum Gasteiger partial charge on any atom is 0.253 e. The molecule has 3 heterocycles. The normalized spacial score (nSPS) is 18.1. The number of tetrazole rings is 1. The Balaban J connectivity index is 1.39. The highest BCUT2D eigenvalue weighted by Gasteiger charge is 2.34. The van der Waals surface area contributed by atoms with Gasteiger partial charge in [-0.15, -0.1) is 5.10 Å². The lowest BCUT2D eigenvalue weighted by Gasteiger charge is -2.39. The highest BCUT2D eigenvalue weighted by molar-refractivity contribution is 6.30. The molecule has 2 aliphatic rings. The Hall–Kier alpha value is -3.23. The number of piperazine rings is 1. The van der Waals surface area contributed by atoms with Crippen LogP contribution in [0.5, 0.6) is 0 Å². The van der Waals surface area contributed by atoms with E-state index in [0.717, 1.165) is 72.9 Å². The molecule has 1 saturated carbocycles. The number of hydrogen-bond donors (Lipinski definition) is 1. The van der Waals surface area contributed by atoms with Crippen molar-refractivity contribution >= 4 is 28.2 Å². The number of fused-ring (bicyclic) bond motifs is 1. The van der Waals surface area contributed by atoms with Crippen LogP contribution < -0.4 is 10.5 Å². The molecule has 2 fully saturated rings. The van der Waals surface area contributed by atoms with Crippen LogP contribution in [0, 0.1) is 0 Å². The minimum Gasteiger partial charge on any atom is -0.369 e. The number of hydrogen-bond acceptors (Lipinski definition) is 6. The fourth-order valence-corrected chi connectivity index (χ4v) is 6.08. The van der Waals surface area contributed by atoms with E-state index in [1.54, 1.807) is 0 Å². The predicted octanol–water partition coefficient (Wildman–Crippen LogP) is 4.76. The summed E-state index contributed by atoms with van der Waals surface area (Å²) in [6, 6.07) is 16.2. The van der Waals surface area contributed by atoms with Crippen molar-refractivity contribution in [1.82, 2.24) is 30.1 Å². The molecule has 2 aromatic carbocycles. The SMILES string of the molecule is CCc1ccc2[nH]c(=O)c([C@H](c3nnnn3C3CCCC3)N3CCN(c4cccc(Cl)c4)CC3)cc2c1. The minimum absolute atomic E-state index is 0.0833. The molecule has 0 unspecified atom stereocenters. The molecular formula is C28H32ClN7O. The summed E-state index contributed by atoms with van der Waals surface area (Å²) in [6.45, 7) is 5.36. The topological polar surface area (TPSA) is 82.9 Å². The van der Waals surface area contributed by atoms with E-state index in [-0.39, 0.29) is 17.6 Å². The van der Waals surface area contributed by atoms with Crippen molar-refractivity contribution in [3.8, 4) is 0 Å². The van der Waals surface area contributed by atoms with Gasteiger partial charge in [0.2, 0.25) is 0 Å². The van der Waals surface area contributed by atoms with E-state index < -0.39 is 0 Å². The fraction of sp³-hybridized carbons (Fsp3) is 0.429. The van der Waals surface area contributed by atoms with E-state index >= 15 is 0 Å². The number of aromatic amines is 1. The number of aryl methyl sites for hydroxylation is 1. The van der Waals surface area contributed by atoms with Crippen LogP contribution in [0.3, 0.4) is 0 Å². The third-order valence-electron chi connectivity index (χ3n) is 7.93. The number of halogens is 1. The molecule has 1 saturated heterocycles. The molecule has 192 valence electrons. The van der Waals surface area contributed by atoms with Gasteiger partial charge in [-0.05, 0) is 77.0 Å². The third-order valence-corrected chi connectivity index (χ3v) is 8.16. The summed E-state index contributed by atoms with van der Waals surface area (Å²) in [7, 11) is 0. The number of nitrogens with one attached hydrogen (secondary N) is 1. The van der Waals surface area contributed by atoms with Gasteiger partial charge < -0.3 is 9.88 Å². The Morgan fingerprint density at radius 3 is 2.62 bits per heavy atom. The number of pyridine rings is 1. The van der Waals surface area contributed by atoms with Gasteiger partial charge in [0.25, 0.3) is 5.56 Å². The lowest BCUT2D eigenvalue weighted by Crippen LogP contribution is -2.49. The van der Waals surface area contributed by atoms with Gasteiger partial charge in [0.05, 0.1) is 6.04 Å². The standard InChI is InChI=1S/C28H32ClN7O/c1-2-19-10-11-25-20(16-19)17-24(28(37)30-25)26(27-31-32-33-36(27)22-7-3-4-8-22)35-14-12-34(13-15-35)23-9-5-6-21(29)18-23/h5-6,9-11,16-18,22,26H,2-4,7-8,12-15H2,1H3,(H,30,37)/t26-/m1/s1. The molecule has 9 heteroatoms. The summed E-state index contributed by atoms with van der Waals surface area (Å²) in [5, 5.41) is 14.8. The molecule has 2 aromatic heterocycles. The highest BCUT2D eigenvalue weighted by atomic mass is 35.5. The average molecular weight is 518 g/mol. The summed E-state index contributed by atoms with van der Waals surface area (Å²) >= 11 is 6.26. The van der Waals surface area contributed by atoms with Gasteiger partial charge in [-0.3, -0.25) is 9.69 Å². The number of nitrogens with zero attached hydrogens (tertiary/aromatic N) is 6. The van der Waals surface area contributed by atoms with E-state index in [4.69, 9.17) is 11.6 Å². The van der Waals surface area contributed by atoms with Crippen molar-refractivity contribution in [1.29, 1.82) is 0 Å².